The van der Waals surface area contributed by atoms with Crippen LogP contribution in [0.5, 0.6) is 0 Å². The number of nitrogens with two attached hydrogens (primary N) is 1. The van der Waals surface area contributed by atoms with E-state index in [1.807, 2.05) is 29.2 Å². The van der Waals surface area contributed by atoms with Gasteiger partial charge >= 0.3 is 0 Å². The van der Waals surface area contributed by atoms with Crippen molar-refractivity contribution in [1.29, 1.82) is 0 Å². The van der Waals surface area contributed by atoms with Crippen molar-refractivity contribution in [3.8, 4) is 0 Å². The Hall–Kier alpha value is -1.42. The van der Waals surface area contributed by atoms with E-state index in [0.29, 0.717) is 10.6 Å². The Kier molecular flexibility index (Phi) is 3.74. The predicted molar refractivity (Wildman–Crippen MR) is 83.7 cm³/mol. The minimum absolute atomic E-state index is 0.127. The van der Waals surface area contributed by atoms with Gasteiger partial charge in [-0.1, -0.05) is 24.4 Å². The van der Waals surface area contributed by atoms with Gasteiger partial charge in [-0.2, -0.15) is 0 Å². The number of carbonyl (C=O) groups excluding carboxylic acids is 1. The van der Waals surface area contributed by atoms with E-state index in [2.05, 4.69) is 0 Å². The van der Waals surface area contributed by atoms with Crippen molar-refractivity contribution in [1.82, 2.24) is 4.90 Å². The van der Waals surface area contributed by atoms with Crippen LogP contribution in [0.25, 0.3) is 0 Å². The monoisotopic (exact) mass is 288 g/mol. The summed E-state index contributed by atoms with van der Waals surface area (Å²) in [5, 5.41) is 0. The molecule has 2 aliphatic carbocycles. The summed E-state index contributed by atoms with van der Waals surface area (Å²) >= 11 is 4.99. The zero-order valence-corrected chi connectivity index (χ0v) is 12.4. The van der Waals surface area contributed by atoms with Crippen LogP contribution in [0.1, 0.15) is 41.6 Å². The second-order valence-corrected chi connectivity index (χ2v) is 6.48. The summed E-state index contributed by atoms with van der Waals surface area (Å²) in [5.41, 5.74) is 7.12. The van der Waals surface area contributed by atoms with Crippen LogP contribution in [0.3, 0.4) is 0 Å². The van der Waals surface area contributed by atoms with Gasteiger partial charge in [0.2, 0.25) is 0 Å². The van der Waals surface area contributed by atoms with Gasteiger partial charge in [-0.25, -0.2) is 0 Å². The molecule has 2 aliphatic rings. The first kappa shape index (κ1) is 13.6. The highest BCUT2D eigenvalue weighted by Gasteiger charge is 2.31. The van der Waals surface area contributed by atoms with Gasteiger partial charge in [-0.05, 0) is 49.7 Å². The fourth-order valence-corrected chi connectivity index (χ4v) is 2.58. The van der Waals surface area contributed by atoms with Crippen molar-refractivity contribution < 1.29 is 4.79 Å². The van der Waals surface area contributed by atoms with Crippen LogP contribution in [0.2, 0.25) is 0 Å². The fourth-order valence-electron chi connectivity index (χ4n) is 2.45. The molecule has 2 fully saturated rings. The second kappa shape index (κ2) is 5.52. The van der Waals surface area contributed by atoms with E-state index in [1.54, 1.807) is 0 Å². The average Bonchev–Trinajstić information content (AvgIpc) is 3.32. The topological polar surface area (TPSA) is 46.3 Å². The summed E-state index contributed by atoms with van der Waals surface area (Å²) in [6.45, 7) is 1.82. The molecule has 1 amide bonds. The summed E-state index contributed by atoms with van der Waals surface area (Å²) in [6.07, 6.45) is 5.06. The average molecular weight is 288 g/mol. The smallest absolute Gasteiger partial charge is 0.253 e. The summed E-state index contributed by atoms with van der Waals surface area (Å²) in [7, 11) is 0. The van der Waals surface area contributed by atoms with Gasteiger partial charge in [0.15, 0.2) is 0 Å². The lowest BCUT2D eigenvalue weighted by Gasteiger charge is -2.23. The lowest BCUT2D eigenvalue weighted by Crippen LogP contribution is -2.34. The molecule has 0 aliphatic heterocycles. The number of thiocarbonyl (C=S) groups is 1. The summed E-state index contributed by atoms with van der Waals surface area (Å²) in [5.74, 6) is 1.56. The van der Waals surface area contributed by atoms with Crippen LogP contribution < -0.4 is 5.73 Å². The molecule has 0 unspecified atom stereocenters. The molecule has 2 saturated carbocycles. The van der Waals surface area contributed by atoms with Gasteiger partial charge in [-0.3, -0.25) is 4.79 Å². The molecule has 0 radical (unpaired) electrons. The van der Waals surface area contributed by atoms with E-state index >= 15 is 0 Å². The molecule has 3 rings (SSSR count). The van der Waals surface area contributed by atoms with E-state index in [9.17, 15) is 4.79 Å². The SMILES string of the molecule is NC(=S)c1cccc(C(=O)N(CC2CC2)CC2CC2)c1. The zero-order chi connectivity index (χ0) is 14.1. The van der Waals surface area contributed by atoms with Crippen LogP contribution in [0.15, 0.2) is 24.3 Å². The molecular formula is C16H20N2OS. The highest BCUT2D eigenvalue weighted by molar-refractivity contribution is 7.80. The van der Waals surface area contributed by atoms with Crippen molar-refractivity contribution >= 4 is 23.1 Å². The quantitative estimate of drug-likeness (QED) is 0.818. The van der Waals surface area contributed by atoms with E-state index < -0.39 is 0 Å². The molecular weight excluding hydrogens is 268 g/mol. The number of carbonyl (C=O) groups is 1. The van der Waals surface area contributed by atoms with Gasteiger partial charge in [0, 0.05) is 24.2 Å². The zero-order valence-electron chi connectivity index (χ0n) is 11.5. The van der Waals surface area contributed by atoms with E-state index in [1.165, 1.54) is 25.7 Å². The highest BCUT2D eigenvalue weighted by Crippen LogP contribution is 2.34. The fraction of sp³-hybridized carbons (Fsp3) is 0.500. The first-order valence-corrected chi connectivity index (χ1v) is 7.73. The van der Waals surface area contributed by atoms with Gasteiger partial charge < -0.3 is 10.6 Å². The number of amides is 1. The van der Waals surface area contributed by atoms with Crippen molar-refractivity contribution in [2.75, 3.05) is 13.1 Å². The van der Waals surface area contributed by atoms with E-state index in [-0.39, 0.29) is 5.91 Å². The molecule has 1 aromatic carbocycles. The molecule has 3 nitrogen and oxygen atoms in total. The van der Waals surface area contributed by atoms with Crippen LogP contribution in [0.4, 0.5) is 0 Å². The molecule has 1 aromatic rings. The summed E-state index contributed by atoms with van der Waals surface area (Å²) < 4.78 is 0. The van der Waals surface area contributed by atoms with Crippen molar-refractivity contribution in [2.24, 2.45) is 17.6 Å². The van der Waals surface area contributed by atoms with Crippen molar-refractivity contribution in [3.05, 3.63) is 35.4 Å². The van der Waals surface area contributed by atoms with Crippen LogP contribution in [-0.4, -0.2) is 28.9 Å². The maximum absolute atomic E-state index is 12.7. The first-order valence-electron chi connectivity index (χ1n) is 7.32. The standard InChI is InChI=1S/C16H20N2OS/c17-15(20)13-2-1-3-14(8-13)16(19)18(9-11-4-5-11)10-12-6-7-12/h1-3,8,11-12H,4-7,9-10H2,(H2,17,20). The molecule has 0 bridgehead atoms. The third-order valence-corrected chi connectivity index (χ3v) is 4.27. The van der Waals surface area contributed by atoms with Gasteiger partial charge in [-0.15, -0.1) is 0 Å². The number of benzene rings is 1. The minimum atomic E-state index is 0.127. The molecule has 0 heterocycles. The Bertz CT molecular complexity index is 521. The molecule has 0 saturated heterocycles. The molecule has 106 valence electrons. The summed E-state index contributed by atoms with van der Waals surface area (Å²) in [4.78, 5) is 15.1. The predicted octanol–water partition coefficient (Wildman–Crippen LogP) is 2.58. The van der Waals surface area contributed by atoms with Gasteiger partial charge in [0.05, 0.1) is 0 Å². The first-order chi connectivity index (χ1) is 9.63. The van der Waals surface area contributed by atoms with E-state index in [0.717, 1.165) is 30.5 Å². The van der Waals surface area contributed by atoms with Gasteiger partial charge in [0.25, 0.3) is 5.91 Å². The molecule has 20 heavy (non-hydrogen) atoms. The molecule has 0 aromatic heterocycles. The Balaban J connectivity index is 1.76. The number of nitrogens with zero attached hydrogens (tertiary/aromatic N) is 1. The number of hydrogen-bond acceptors (Lipinski definition) is 2. The van der Waals surface area contributed by atoms with Crippen molar-refractivity contribution in [3.63, 3.8) is 0 Å². The largest absolute Gasteiger partial charge is 0.389 e. The maximum atomic E-state index is 12.7. The van der Waals surface area contributed by atoms with Gasteiger partial charge in [0.1, 0.15) is 4.99 Å². The second-order valence-electron chi connectivity index (χ2n) is 6.04. The Morgan fingerprint density at radius 2 is 1.70 bits per heavy atom. The molecule has 0 spiro atoms. The van der Waals surface area contributed by atoms with Crippen LogP contribution in [0, 0.1) is 11.8 Å². The third kappa shape index (κ3) is 3.37. The summed E-state index contributed by atoms with van der Waals surface area (Å²) in [6, 6.07) is 7.38. The highest BCUT2D eigenvalue weighted by atomic mass is 32.1. The Morgan fingerprint density at radius 3 is 2.20 bits per heavy atom. The minimum Gasteiger partial charge on any atom is -0.389 e. The van der Waals surface area contributed by atoms with Crippen LogP contribution >= 0.6 is 12.2 Å². The Morgan fingerprint density at radius 1 is 1.15 bits per heavy atom. The maximum Gasteiger partial charge on any atom is 0.253 e. The lowest BCUT2D eigenvalue weighted by atomic mass is 10.1. The molecule has 2 N–H and O–H groups in total. The Labute approximate surface area is 125 Å². The number of hydrogen-bond donors (Lipinski definition) is 1. The van der Waals surface area contributed by atoms with Crippen molar-refractivity contribution in [2.45, 2.75) is 25.7 Å². The van der Waals surface area contributed by atoms with Crippen LogP contribution in [-0.2, 0) is 0 Å². The van der Waals surface area contributed by atoms with E-state index in [4.69, 9.17) is 18.0 Å². The third-order valence-electron chi connectivity index (χ3n) is 4.03. The molecule has 4 heteroatoms. The lowest BCUT2D eigenvalue weighted by molar-refractivity contribution is 0.0739. The molecule has 0 atom stereocenters. The number of rotatable bonds is 6. The normalized spacial score (nSPS) is 17.8.